The second-order valence-electron chi connectivity index (χ2n) is 4.99. The Labute approximate surface area is 141 Å². The van der Waals surface area contributed by atoms with Crippen molar-refractivity contribution in [3.05, 3.63) is 46.9 Å². The fourth-order valence-electron chi connectivity index (χ4n) is 2.25. The number of halogens is 2. The van der Waals surface area contributed by atoms with Crippen LogP contribution in [0.3, 0.4) is 0 Å². The molecule has 0 fully saturated rings. The molecule has 122 valence electrons. The predicted octanol–water partition coefficient (Wildman–Crippen LogP) is 3.42. The summed E-state index contributed by atoms with van der Waals surface area (Å²) in [7, 11) is -3.51. The lowest BCUT2D eigenvalue weighted by Crippen LogP contribution is -1.99. The summed E-state index contributed by atoms with van der Waals surface area (Å²) >= 11 is 6.01. The Hall–Kier alpha value is -2.63. The van der Waals surface area contributed by atoms with Crippen molar-refractivity contribution in [2.45, 2.75) is 4.90 Å². The number of nitrogens with zero attached hydrogens (tertiary/aromatic N) is 2. The van der Waals surface area contributed by atoms with E-state index < -0.39 is 15.7 Å². The molecule has 0 spiro atoms. The number of ether oxygens (including phenoxy) is 1. The van der Waals surface area contributed by atoms with Gasteiger partial charge in [0.25, 0.3) is 0 Å². The van der Waals surface area contributed by atoms with Crippen LogP contribution in [-0.2, 0) is 9.84 Å². The number of aromatic amines is 1. The lowest BCUT2D eigenvalue weighted by molar-refractivity contribution is 0.481. The van der Waals surface area contributed by atoms with Crippen LogP contribution in [0.4, 0.5) is 4.39 Å². The molecule has 0 saturated carbocycles. The van der Waals surface area contributed by atoms with Crippen molar-refractivity contribution in [3.63, 3.8) is 0 Å². The third kappa shape index (κ3) is 2.91. The fourth-order valence-corrected chi connectivity index (χ4v) is 3.31. The second kappa shape index (κ2) is 5.78. The van der Waals surface area contributed by atoms with Gasteiger partial charge in [0.05, 0.1) is 27.4 Å². The molecule has 1 heterocycles. The second-order valence-corrected chi connectivity index (χ2v) is 7.33. The first-order valence-corrected chi connectivity index (χ1v) is 8.81. The minimum atomic E-state index is -3.51. The highest BCUT2D eigenvalue weighted by Crippen LogP contribution is 2.37. The fraction of sp³-hybridized carbons (Fsp3) is 0.0667. The maximum absolute atomic E-state index is 13.5. The average Bonchev–Trinajstić information content (AvgIpc) is 2.88. The molecular weight excluding hydrogens is 357 g/mol. The first-order chi connectivity index (χ1) is 11.3. The Morgan fingerprint density at radius 3 is 2.75 bits per heavy atom. The van der Waals surface area contributed by atoms with Crippen molar-refractivity contribution in [1.82, 2.24) is 10.2 Å². The zero-order chi connectivity index (χ0) is 17.5. The first-order valence-electron chi connectivity index (χ1n) is 6.55. The number of fused-ring (bicyclic) bond motifs is 1. The monoisotopic (exact) mass is 365 g/mol. The van der Waals surface area contributed by atoms with E-state index in [1.165, 1.54) is 18.2 Å². The Kier molecular flexibility index (Phi) is 3.91. The molecule has 1 aromatic heterocycles. The van der Waals surface area contributed by atoms with Gasteiger partial charge in [-0.15, -0.1) is 0 Å². The number of hydrogen-bond donors (Lipinski definition) is 1. The highest BCUT2D eigenvalue weighted by atomic mass is 35.5. The number of H-pyrrole nitrogens is 1. The molecule has 0 aliphatic heterocycles. The van der Waals surface area contributed by atoms with Crippen molar-refractivity contribution >= 4 is 32.3 Å². The van der Waals surface area contributed by atoms with E-state index in [1.807, 2.05) is 6.07 Å². The zero-order valence-electron chi connectivity index (χ0n) is 12.2. The summed E-state index contributed by atoms with van der Waals surface area (Å²) in [4.78, 5) is 0.0150. The van der Waals surface area contributed by atoms with E-state index in [4.69, 9.17) is 21.6 Å². The summed E-state index contributed by atoms with van der Waals surface area (Å²) in [6.45, 7) is 0. The van der Waals surface area contributed by atoms with Crippen molar-refractivity contribution in [2.24, 2.45) is 0 Å². The largest absolute Gasteiger partial charge is 0.456 e. The molecule has 24 heavy (non-hydrogen) atoms. The van der Waals surface area contributed by atoms with Gasteiger partial charge in [-0.3, -0.25) is 5.10 Å². The molecule has 0 atom stereocenters. The quantitative estimate of drug-likeness (QED) is 0.767. The van der Waals surface area contributed by atoms with Crippen LogP contribution < -0.4 is 4.74 Å². The summed E-state index contributed by atoms with van der Waals surface area (Å²) in [5, 5.41) is 15.5. The summed E-state index contributed by atoms with van der Waals surface area (Å²) in [5.41, 5.74) is 0.282. The Morgan fingerprint density at radius 1 is 1.33 bits per heavy atom. The van der Waals surface area contributed by atoms with E-state index >= 15 is 0 Å². The molecule has 0 radical (unpaired) electrons. The van der Waals surface area contributed by atoms with Crippen LogP contribution in [0.1, 0.15) is 5.56 Å². The van der Waals surface area contributed by atoms with Crippen molar-refractivity contribution < 1.29 is 17.5 Å². The topological polar surface area (TPSA) is 95.8 Å². The molecule has 3 rings (SSSR count). The highest BCUT2D eigenvalue weighted by molar-refractivity contribution is 7.91. The lowest BCUT2D eigenvalue weighted by Gasteiger charge is -2.09. The molecule has 0 unspecified atom stereocenters. The number of hydrogen-bond acceptors (Lipinski definition) is 5. The molecule has 0 amide bonds. The standard InChI is InChI=1S/C15H9ClFN3O3S/c1-24(21,22)12-3-2-11(13-14(12)19-20-15(13)16)23-10-5-8(7-18)4-9(17)6-10/h2-6H,1H3,(H,19,20). The Bertz CT molecular complexity index is 1100. The third-order valence-electron chi connectivity index (χ3n) is 3.23. The molecule has 6 nitrogen and oxygen atoms in total. The van der Waals surface area contributed by atoms with Crippen molar-refractivity contribution in [3.8, 4) is 17.6 Å². The number of nitriles is 1. The van der Waals surface area contributed by atoms with Crippen LogP contribution in [0.5, 0.6) is 11.5 Å². The van der Waals surface area contributed by atoms with E-state index in [0.29, 0.717) is 0 Å². The number of rotatable bonds is 3. The Balaban J connectivity index is 2.17. The average molecular weight is 366 g/mol. The normalized spacial score (nSPS) is 11.4. The van der Waals surface area contributed by atoms with E-state index in [-0.39, 0.29) is 38.0 Å². The van der Waals surface area contributed by atoms with Crippen LogP contribution in [-0.4, -0.2) is 24.9 Å². The highest BCUT2D eigenvalue weighted by Gasteiger charge is 2.20. The summed E-state index contributed by atoms with van der Waals surface area (Å²) in [6, 6.07) is 8.09. The molecule has 0 saturated heterocycles. The van der Waals surface area contributed by atoms with E-state index in [1.54, 1.807) is 0 Å². The number of sulfone groups is 1. The summed E-state index contributed by atoms with van der Waals surface area (Å²) in [5.74, 6) is -0.366. The van der Waals surface area contributed by atoms with Gasteiger partial charge in [0.15, 0.2) is 15.0 Å². The maximum atomic E-state index is 13.5. The van der Waals surface area contributed by atoms with Crippen LogP contribution in [0.15, 0.2) is 35.2 Å². The van der Waals surface area contributed by atoms with Gasteiger partial charge in [0, 0.05) is 12.3 Å². The maximum Gasteiger partial charge on any atom is 0.177 e. The lowest BCUT2D eigenvalue weighted by atomic mass is 10.2. The van der Waals surface area contributed by atoms with Gasteiger partial charge < -0.3 is 4.74 Å². The molecule has 9 heteroatoms. The van der Waals surface area contributed by atoms with Crippen molar-refractivity contribution in [2.75, 3.05) is 6.26 Å². The number of nitrogens with one attached hydrogen (secondary N) is 1. The van der Waals surface area contributed by atoms with Gasteiger partial charge in [0.1, 0.15) is 17.3 Å². The van der Waals surface area contributed by atoms with Crippen molar-refractivity contribution in [1.29, 1.82) is 5.26 Å². The van der Waals surface area contributed by atoms with Gasteiger partial charge in [-0.05, 0) is 24.3 Å². The van der Waals surface area contributed by atoms with Gasteiger partial charge in [0.2, 0.25) is 0 Å². The molecule has 2 aromatic carbocycles. The molecule has 0 bridgehead atoms. The minimum Gasteiger partial charge on any atom is -0.456 e. The van der Waals surface area contributed by atoms with E-state index in [9.17, 15) is 12.8 Å². The van der Waals surface area contributed by atoms with Crippen LogP contribution in [0, 0.1) is 17.1 Å². The van der Waals surface area contributed by atoms with Gasteiger partial charge in [-0.1, -0.05) is 11.6 Å². The smallest absolute Gasteiger partial charge is 0.177 e. The SMILES string of the molecule is CS(=O)(=O)c1ccc(Oc2cc(F)cc(C#N)c2)c2c(Cl)n[nH]c12. The minimum absolute atomic E-state index is 0.0150. The van der Waals surface area contributed by atoms with Crippen LogP contribution in [0.25, 0.3) is 10.9 Å². The van der Waals surface area contributed by atoms with Gasteiger partial charge in [-0.25, -0.2) is 12.8 Å². The predicted molar refractivity (Wildman–Crippen MR) is 85.4 cm³/mol. The number of benzene rings is 2. The molecule has 0 aliphatic carbocycles. The Morgan fingerprint density at radius 2 is 2.08 bits per heavy atom. The van der Waals surface area contributed by atoms with E-state index in [0.717, 1.165) is 18.4 Å². The van der Waals surface area contributed by atoms with E-state index in [2.05, 4.69) is 10.2 Å². The molecule has 1 N–H and O–H groups in total. The number of aromatic nitrogens is 2. The first kappa shape index (κ1) is 16.2. The summed E-state index contributed by atoms with van der Waals surface area (Å²) in [6.07, 6.45) is 1.06. The third-order valence-corrected chi connectivity index (χ3v) is 4.64. The molecule has 0 aliphatic rings. The zero-order valence-corrected chi connectivity index (χ0v) is 13.7. The summed E-state index contributed by atoms with van der Waals surface area (Å²) < 4.78 is 42.8. The molecular formula is C15H9ClFN3O3S. The van der Waals surface area contributed by atoms with Gasteiger partial charge >= 0.3 is 0 Å². The van der Waals surface area contributed by atoms with Crippen LogP contribution >= 0.6 is 11.6 Å². The van der Waals surface area contributed by atoms with Crippen LogP contribution in [0.2, 0.25) is 5.15 Å². The van der Waals surface area contributed by atoms with Gasteiger partial charge in [-0.2, -0.15) is 10.4 Å². The molecule has 3 aromatic rings.